The highest BCUT2D eigenvalue weighted by Gasteiger charge is 2.23. The van der Waals surface area contributed by atoms with Crippen molar-refractivity contribution in [3.63, 3.8) is 0 Å². The van der Waals surface area contributed by atoms with Gasteiger partial charge in [0.05, 0.1) is 5.69 Å². The molecule has 1 fully saturated rings. The number of nitrogens with zero attached hydrogens (tertiary/aromatic N) is 2. The zero-order chi connectivity index (χ0) is 18.6. The Balaban J connectivity index is 1.41. The van der Waals surface area contributed by atoms with Gasteiger partial charge in [0.25, 0.3) is 5.24 Å². The van der Waals surface area contributed by atoms with Crippen molar-refractivity contribution in [1.29, 1.82) is 0 Å². The maximum atomic E-state index is 12.1. The van der Waals surface area contributed by atoms with Gasteiger partial charge in [-0.1, -0.05) is 66.4 Å². The Kier molecular flexibility index (Phi) is 5.22. The van der Waals surface area contributed by atoms with Crippen LogP contribution < -0.4 is 5.32 Å². The molecule has 136 valence electrons. The van der Waals surface area contributed by atoms with E-state index < -0.39 is 0 Å². The van der Waals surface area contributed by atoms with Crippen molar-refractivity contribution >= 4 is 39.4 Å². The number of nitrogens with one attached hydrogen (secondary N) is 1. The molecule has 1 N–H and O–H groups in total. The molecule has 1 aliphatic rings. The number of hydrogen-bond donors (Lipinski definition) is 1. The number of aromatic nitrogens is 1. The number of carbonyl (C=O) groups is 2. The number of rotatable bonds is 5. The van der Waals surface area contributed by atoms with Crippen LogP contribution in [0.1, 0.15) is 0 Å². The summed E-state index contributed by atoms with van der Waals surface area (Å²) in [5.74, 6) is 0.526. The molecule has 2 amide bonds. The van der Waals surface area contributed by atoms with Crippen molar-refractivity contribution in [2.75, 3.05) is 24.2 Å². The molecule has 1 aliphatic heterocycles. The number of thiazole rings is 1. The number of thioether (sulfide) groups is 1. The molecule has 4 rings (SSSR count). The number of benzene rings is 2. The highest BCUT2D eigenvalue weighted by Crippen LogP contribution is 2.27. The lowest BCUT2D eigenvalue weighted by Crippen LogP contribution is -2.33. The van der Waals surface area contributed by atoms with Crippen molar-refractivity contribution in [2.24, 2.45) is 0 Å². The van der Waals surface area contributed by atoms with E-state index >= 15 is 0 Å². The summed E-state index contributed by atoms with van der Waals surface area (Å²) in [7, 11) is 0. The van der Waals surface area contributed by atoms with Gasteiger partial charge in [-0.3, -0.25) is 9.59 Å². The zero-order valence-corrected chi connectivity index (χ0v) is 16.1. The monoisotopic (exact) mass is 395 g/mol. The third-order valence-electron chi connectivity index (χ3n) is 4.22. The molecule has 0 saturated carbocycles. The molecule has 0 spiro atoms. The van der Waals surface area contributed by atoms with Gasteiger partial charge in [0.15, 0.2) is 5.13 Å². The van der Waals surface area contributed by atoms with Crippen LogP contribution in [0.5, 0.6) is 0 Å². The first kappa shape index (κ1) is 17.8. The summed E-state index contributed by atoms with van der Waals surface area (Å²) in [6.07, 6.45) is 0. The summed E-state index contributed by atoms with van der Waals surface area (Å²) in [4.78, 5) is 29.7. The second-order valence-corrected chi connectivity index (χ2v) is 7.97. The second-order valence-electron chi connectivity index (χ2n) is 6.07. The van der Waals surface area contributed by atoms with E-state index in [9.17, 15) is 9.59 Å². The van der Waals surface area contributed by atoms with Crippen molar-refractivity contribution in [3.8, 4) is 22.4 Å². The van der Waals surface area contributed by atoms with Crippen molar-refractivity contribution in [1.82, 2.24) is 9.88 Å². The van der Waals surface area contributed by atoms with Gasteiger partial charge in [0, 0.05) is 23.2 Å². The molecule has 0 unspecified atom stereocenters. The van der Waals surface area contributed by atoms with E-state index in [-0.39, 0.29) is 17.7 Å². The lowest BCUT2D eigenvalue weighted by molar-refractivity contribution is -0.116. The lowest BCUT2D eigenvalue weighted by Gasteiger charge is -2.12. The molecule has 5 nitrogen and oxygen atoms in total. The van der Waals surface area contributed by atoms with E-state index in [1.807, 2.05) is 35.7 Å². The molecular formula is C20H17N3O2S2. The number of carbonyl (C=O) groups excluding carboxylic acids is 2. The predicted molar refractivity (Wildman–Crippen MR) is 111 cm³/mol. The predicted octanol–water partition coefficient (Wildman–Crippen LogP) is 4.58. The number of anilines is 1. The fourth-order valence-corrected chi connectivity index (χ4v) is 4.39. The van der Waals surface area contributed by atoms with Gasteiger partial charge in [-0.25, -0.2) is 4.98 Å². The SMILES string of the molecule is O=C(CN1CCSC1=O)Nc1nc(-c2ccc(-c3ccccc3)cc2)cs1. The highest BCUT2D eigenvalue weighted by atomic mass is 32.2. The maximum Gasteiger partial charge on any atom is 0.282 e. The molecule has 2 heterocycles. The maximum absolute atomic E-state index is 12.1. The van der Waals surface area contributed by atoms with Crippen LogP contribution in [0.3, 0.4) is 0 Å². The van der Waals surface area contributed by atoms with Crippen LogP contribution in [-0.2, 0) is 4.79 Å². The van der Waals surface area contributed by atoms with Crippen LogP contribution in [-0.4, -0.2) is 39.9 Å². The van der Waals surface area contributed by atoms with Gasteiger partial charge in [0.1, 0.15) is 6.54 Å². The van der Waals surface area contributed by atoms with Gasteiger partial charge in [-0.2, -0.15) is 0 Å². The second kappa shape index (κ2) is 7.94. The molecule has 1 aromatic heterocycles. The number of hydrogen-bond acceptors (Lipinski definition) is 5. The summed E-state index contributed by atoms with van der Waals surface area (Å²) < 4.78 is 0. The fraction of sp³-hybridized carbons (Fsp3) is 0.150. The van der Waals surface area contributed by atoms with Gasteiger partial charge in [-0.05, 0) is 11.1 Å². The summed E-state index contributed by atoms with van der Waals surface area (Å²) in [6, 6.07) is 18.4. The third kappa shape index (κ3) is 4.20. The first-order chi connectivity index (χ1) is 13.2. The first-order valence-electron chi connectivity index (χ1n) is 8.52. The summed E-state index contributed by atoms with van der Waals surface area (Å²) in [6.45, 7) is 0.695. The third-order valence-corrected chi connectivity index (χ3v) is 5.87. The summed E-state index contributed by atoms with van der Waals surface area (Å²) in [5, 5.41) is 5.21. The van der Waals surface area contributed by atoms with Crippen molar-refractivity contribution < 1.29 is 9.59 Å². The van der Waals surface area contributed by atoms with Crippen LogP contribution in [0.15, 0.2) is 60.0 Å². The fourth-order valence-electron chi connectivity index (χ4n) is 2.83. The average Bonchev–Trinajstić information content (AvgIpc) is 3.32. The normalized spacial score (nSPS) is 13.8. The Morgan fingerprint density at radius 3 is 2.44 bits per heavy atom. The molecule has 27 heavy (non-hydrogen) atoms. The molecule has 0 aliphatic carbocycles. The minimum Gasteiger partial charge on any atom is -0.323 e. The smallest absolute Gasteiger partial charge is 0.282 e. The standard InChI is InChI=1S/C20H17N3O2S2/c24-18(12-23-10-11-26-20(23)25)22-19-21-17(13-27-19)16-8-6-15(7-9-16)14-4-2-1-3-5-14/h1-9,13H,10-12H2,(H,21,22,24). The van der Waals surface area contributed by atoms with Gasteiger partial charge < -0.3 is 10.2 Å². The van der Waals surface area contributed by atoms with Gasteiger partial charge >= 0.3 is 0 Å². The van der Waals surface area contributed by atoms with Crippen LogP contribution in [0.2, 0.25) is 0 Å². The van der Waals surface area contributed by atoms with Gasteiger partial charge in [-0.15, -0.1) is 11.3 Å². The lowest BCUT2D eigenvalue weighted by atomic mass is 10.0. The Morgan fingerprint density at radius 2 is 1.74 bits per heavy atom. The minimum absolute atomic E-state index is 0.0384. The van der Waals surface area contributed by atoms with Crippen molar-refractivity contribution in [2.45, 2.75) is 0 Å². The average molecular weight is 396 g/mol. The van der Waals surface area contributed by atoms with Crippen LogP contribution in [0.4, 0.5) is 9.93 Å². The number of amides is 2. The quantitative estimate of drug-likeness (QED) is 0.687. The Labute approximate surface area is 165 Å². The molecule has 3 aromatic rings. The van der Waals surface area contributed by atoms with E-state index in [2.05, 4.69) is 34.6 Å². The van der Waals surface area contributed by atoms with Crippen LogP contribution in [0.25, 0.3) is 22.4 Å². The molecular weight excluding hydrogens is 378 g/mol. The van der Waals surface area contributed by atoms with E-state index in [4.69, 9.17) is 0 Å². The largest absolute Gasteiger partial charge is 0.323 e. The Hall–Kier alpha value is -2.64. The molecule has 7 heteroatoms. The minimum atomic E-state index is -0.217. The van der Waals surface area contributed by atoms with Gasteiger partial charge in [0.2, 0.25) is 5.91 Å². The van der Waals surface area contributed by atoms with Crippen LogP contribution in [0, 0.1) is 0 Å². The Morgan fingerprint density at radius 1 is 1.04 bits per heavy atom. The topological polar surface area (TPSA) is 62.3 Å². The van der Waals surface area contributed by atoms with Crippen LogP contribution >= 0.6 is 23.1 Å². The molecule has 0 atom stereocenters. The Bertz CT molecular complexity index is 955. The van der Waals surface area contributed by atoms with E-state index in [1.54, 1.807) is 4.90 Å². The van der Waals surface area contributed by atoms with E-state index in [0.29, 0.717) is 11.7 Å². The highest BCUT2D eigenvalue weighted by molar-refractivity contribution is 8.13. The van der Waals surface area contributed by atoms with Crippen molar-refractivity contribution in [3.05, 3.63) is 60.0 Å². The molecule has 1 saturated heterocycles. The summed E-state index contributed by atoms with van der Waals surface area (Å²) in [5.41, 5.74) is 4.14. The summed E-state index contributed by atoms with van der Waals surface area (Å²) >= 11 is 2.63. The van der Waals surface area contributed by atoms with E-state index in [0.717, 1.165) is 22.6 Å². The molecule has 0 radical (unpaired) electrons. The molecule has 2 aromatic carbocycles. The van der Waals surface area contributed by atoms with E-state index in [1.165, 1.54) is 28.7 Å². The molecule has 0 bridgehead atoms. The zero-order valence-electron chi connectivity index (χ0n) is 14.4. The first-order valence-corrected chi connectivity index (χ1v) is 10.4.